The number of hydrogen-bond donors (Lipinski definition) is 1. The van der Waals surface area contributed by atoms with Crippen molar-refractivity contribution in [2.24, 2.45) is 0 Å². The van der Waals surface area contributed by atoms with E-state index in [-0.39, 0.29) is 5.69 Å². The fourth-order valence-corrected chi connectivity index (χ4v) is 1.40. The number of hydrogen-bond acceptors (Lipinski definition) is 3. The third kappa shape index (κ3) is 4.52. The lowest BCUT2D eigenvalue weighted by molar-refractivity contribution is -0.137. The lowest BCUT2D eigenvalue weighted by Crippen LogP contribution is -2.13. The molecular weight excluding hydrogens is 282 g/mol. The van der Waals surface area contributed by atoms with Crippen LogP contribution in [0.15, 0.2) is 18.2 Å². The Bertz CT molecular complexity index is 514. The van der Waals surface area contributed by atoms with Crippen molar-refractivity contribution < 1.29 is 31.9 Å². The number of nitrogens with one attached hydrogen (secondary N) is 1. The molecule has 1 amide bonds. The average molecular weight is 293 g/mol. The molecule has 0 heterocycles. The third-order valence-corrected chi connectivity index (χ3v) is 2.13. The highest BCUT2D eigenvalue weighted by atomic mass is 19.4. The molecule has 0 aliphatic heterocycles. The molecule has 0 atom stereocenters. The van der Waals surface area contributed by atoms with Crippen molar-refractivity contribution in [3.63, 3.8) is 0 Å². The first-order valence-corrected chi connectivity index (χ1v) is 5.47. The van der Waals surface area contributed by atoms with Gasteiger partial charge in [0, 0.05) is 12.6 Å². The Hall–Kier alpha value is -2.12. The first-order valence-electron chi connectivity index (χ1n) is 5.47. The fraction of sp³-hybridized carbons (Fsp3) is 0.333. The summed E-state index contributed by atoms with van der Waals surface area (Å²) in [6, 6.07) is 2.29. The van der Waals surface area contributed by atoms with Gasteiger partial charge in [0.05, 0.1) is 11.1 Å². The highest BCUT2D eigenvalue weighted by molar-refractivity contribution is 5.94. The minimum Gasteiger partial charge on any atom is -0.459 e. The van der Waals surface area contributed by atoms with Crippen LogP contribution in [0.1, 0.15) is 22.8 Å². The Balaban J connectivity index is 3.16. The molecule has 20 heavy (non-hydrogen) atoms. The molecule has 110 valence electrons. The molecule has 1 N–H and O–H groups in total. The lowest BCUT2D eigenvalue weighted by Gasteiger charge is -2.12. The molecule has 4 nitrogen and oxygen atoms in total. The van der Waals surface area contributed by atoms with E-state index < -0.39 is 42.5 Å². The molecule has 0 aliphatic rings. The van der Waals surface area contributed by atoms with Crippen LogP contribution in [-0.2, 0) is 15.7 Å². The van der Waals surface area contributed by atoms with Crippen molar-refractivity contribution in [3.05, 3.63) is 29.3 Å². The standard InChI is InChI=1S/C12H11F4NO3/c1-7(18)17-10-5-8(11(19)20-3-2-13)4-9(6-10)12(14,15)16/h4-6H,2-3H2,1H3,(H,17,18). The van der Waals surface area contributed by atoms with E-state index in [9.17, 15) is 27.2 Å². The summed E-state index contributed by atoms with van der Waals surface area (Å²) in [7, 11) is 0. The molecular formula is C12H11F4NO3. The highest BCUT2D eigenvalue weighted by Crippen LogP contribution is 2.32. The van der Waals surface area contributed by atoms with Crippen LogP contribution in [0, 0.1) is 0 Å². The molecule has 1 aromatic rings. The van der Waals surface area contributed by atoms with Gasteiger partial charge in [0.15, 0.2) is 0 Å². The maximum Gasteiger partial charge on any atom is 0.416 e. The van der Waals surface area contributed by atoms with Gasteiger partial charge in [-0.1, -0.05) is 0 Å². The zero-order valence-electron chi connectivity index (χ0n) is 10.4. The van der Waals surface area contributed by atoms with Crippen molar-refractivity contribution in [3.8, 4) is 0 Å². The lowest BCUT2D eigenvalue weighted by atomic mass is 10.1. The van der Waals surface area contributed by atoms with E-state index in [1.807, 2.05) is 0 Å². The Morgan fingerprint density at radius 1 is 1.25 bits per heavy atom. The maximum atomic E-state index is 12.7. The van der Waals surface area contributed by atoms with Gasteiger partial charge in [0.25, 0.3) is 0 Å². The van der Waals surface area contributed by atoms with E-state index in [1.165, 1.54) is 0 Å². The Morgan fingerprint density at radius 3 is 2.40 bits per heavy atom. The van der Waals surface area contributed by atoms with Crippen LogP contribution in [0.4, 0.5) is 23.2 Å². The summed E-state index contributed by atoms with van der Waals surface area (Å²) in [4.78, 5) is 22.3. The molecule has 1 aromatic carbocycles. The number of halogens is 4. The van der Waals surface area contributed by atoms with E-state index in [4.69, 9.17) is 0 Å². The largest absolute Gasteiger partial charge is 0.459 e. The van der Waals surface area contributed by atoms with Gasteiger partial charge < -0.3 is 10.1 Å². The van der Waals surface area contributed by atoms with Gasteiger partial charge >= 0.3 is 12.1 Å². The number of ether oxygens (including phenoxy) is 1. The molecule has 0 saturated heterocycles. The molecule has 0 fully saturated rings. The van der Waals surface area contributed by atoms with E-state index >= 15 is 0 Å². The van der Waals surface area contributed by atoms with Crippen LogP contribution in [0.5, 0.6) is 0 Å². The molecule has 0 aliphatic carbocycles. The molecule has 8 heteroatoms. The van der Waals surface area contributed by atoms with Gasteiger partial charge in [-0.05, 0) is 18.2 Å². The van der Waals surface area contributed by atoms with Crippen LogP contribution in [0.3, 0.4) is 0 Å². The monoisotopic (exact) mass is 293 g/mol. The molecule has 0 aromatic heterocycles. The van der Waals surface area contributed by atoms with Crippen LogP contribution >= 0.6 is 0 Å². The Kier molecular flexibility index (Phi) is 5.06. The first-order chi connectivity index (χ1) is 9.24. The fourth-order valence-electron chi connectivity index (χ4n) is 1.40. The van der Waals surface area contributed by atoms with Gasteiger partial charge in [0.2, 0.25) is 5.91 Å². The minimum absolute atomic E-state index is 0.195. The predicted octanol–water partition coefficient (Wildman–Crippen LogP) is 2.79. The average Bonchev–Trinajstić information content (AvgIpc) is 2.33. The summed E-state index contributed by atoms with van der Waals surface area (Å²) in [6.07, 6.45) is -4.69. The molecule has 0 radical (unpaired) electrons. The number of carbonyl (C=O) groups is 2. The predicted molar refractivity (Wildman–Crippen MR) is 62.0 cm³/mol. The number of alkyl halides is 4. The number of benzene rings is 1. The van der Waals surface area contributed by atoms with E-state index in [0.717, 1.165) is 13.0 Å². The second-order valence-corrected chi connectivity index (χ2v) is 3.80. The molecule has 0 saturated carbocycles. The molecule has 1 rings (SSSR count). The maximum absolute atomic E-state index is 12.7. The van der Waals surface area contributed by atoms with Crippen LogP contribution < -0.4 is 5.32 Å². The second-order valence-electron chi connectivity index (χ2n) is 3.80. The van der Waals surface area contributed by atoms with E-state index in [0.29, 0.717) is 12.1 Å². The zero-order valence-corrected chi connectivity index (χ0v) is 10.4. The van der Waals surface area contributed by atoms with Gasteiger partial charge in [0.1, 0.15) is 13.3 Å². The minimum atomic E-state index is -4.69. The number of rotatable bonds is 4. The molecule has 0 spiro atoms. The summed E-state index contributed by atoms with van der Waals surface area (Å²) in [5, 5.41) is 2.15. The van der Waals surface area contributed by atoms with E-state index in [1.54, 1.807) is 0 Å². The summed E-state index contributed by atoms with van der Waals surface area (Å²) in [5.74, 6) is -1.69. The van der Waals surface area contributed by atoms with Crippen molar-refractivity contribution in [1.82, 2.24) is 0 Å². The summed E-state index contributed by atoms with van der Waals surface area (Å²) >= 11 is 0. The summed E-state index contributed by atoms with van der Waals surface area (Å²) < 4.78 is 54.3. The van der Waals surface area contributed by atoms with E-state index in [2.05, 4.69) is 10.1 Å². The van der Waals surface area contributed by atoms with Gasteiger partial charge in [-0.2, -0.15) is 13.2 Å². The van der Waals surface area contributed by atoms with Crippen molar-refractivity contribution >= 4 is 17.6 Å². The third-order valence-electron chi connectivity index (χ3n) is 2.13. The molecule has 0 bridgehead atoms. The number of carbonyl (C=O) groups excluding carboxylic acids is 2. The van der Waals surface area contributed by atoms with Crippen molar-refractivity contribution in [1.29, 1.82) is 0 Å². The van der Waals surface area contributed by atoms with Crippen LogP contribution in [-0.4, -0.2) is 25.2 Å². The number of amides is 1. The Morgan fingerprint density at radius 2 is 1.90 bits per heavy atom. The van der Waals surface area contributed by atoms with Gasteiger partial charge in [-0.15, -0.1) is 0 Å². The quantitative estimate of drug-likeness (QED) is 0.686. The highest BCUT2D eigenvalue weighted by Gasteiger charge is 2.32. The smallest absolute Gasteiger partial charge is 0.416 e. The Labute approximate surface area is 111 Å². The molecule has 0 unspecified atom stereocenters. The SMILES string of the molecule is CC(=O)Nc1cc(C(=O)OCCF)cc(C(F)(F)F)c1. The summed E-state index contributed by atoms with van der Waals surface area (Å²) in [5.41, 5.74) is -1.73. The number of anilines is 1. The number of esters is 1. The van der Waals surface area contributed by atoms with Crippen LogP contribution in [0.25, 0.3) is 0 Å². The van der Waals surface area contributed by atoms with Gasteiger partial charge in [-0.25, -0.2) is 9.18 Å². The van der Waals surface area contributed by atoms with Crippen molar-refractivity contribution in [2.45, 2.75) is 13.1 Å². The zero-order chi connectivity index (χ0) is 15.3. The van der Waals surface area contributed by atoms with Gasteiger partial charge in [-0.3, -0.25) is 4.79 Å². The van der Waals surface area contributed by atoms with Crippen molar-refractivity contribution in [2.75, 3.05) is 18.6 Å². The first kappa shape index (κ1) is 15.9. The topological polar surface area (TPSA) is 55.4 Å². The van der Waals surface area contributed by atoms with Crippen LogP contribution in [0.2, 0.25) is 0 Å². The second kappa shape index (κ2) is 6.36. The summed E-state index contributed by atoms with van der Waals surface area (Å²) in [6.45, 7) is -0.380. The normalized spacial score (nSPS) is 11.1.